The van der Waals surface area contributed by atoms with Crippen LogP contribution in [0.5, 0.6) is 0 Å². The summed E-state index contributed by atoms with van der Waals surface area (Å²) in [5, 5.41) is 10.3. The van der Waals surface area contributed by atoms with Gasteiger partial charge in [-0.05, 0) is 12.1 Å². The Morgan fingerprint density at radius 2 is 1.83 bits per heavy atom. The number of aromatic nitrogens is 2. The third-order valence-electron chi connectivity index (χ3n) is 2.29. The molecule has 1 aromatic carbocycles. The second-order valence-electron chi connectivity index (χ2n) is 4.98. The zero-order valence-corrected chi connectivity index (χ0v) is 10.6. The first-order valence-electron chi connectivity index (χ1n) is 5.67. The second-order valence-corrected chi connectivity index (χ2v) is 4.98. The molecule has 1 amide bonds. The van der Waals surface area contributed by atoms with Crippen LogP contribution in [-0.2, 0) is 5.41 Å². The summed E-state index contributed by atoms with van der Waals surface area (Å²) in [5.41, 5.74) is 0.427. The average Bonchev–Trinajstić information content (AvgIpc) is 2.79. The SMILES string of the molecule is CC(C)(C)c1nnc(C(=O)Nc2ccccc2)o1. The quantitative estimate of drug-likeness (QED) is 0.883. The van der Waals surface area contributed by atoms with Crippen molar-refractivity contribution in [2.45, 2.75) is 26.2 Å². The van der Waals surface area contributed by atoms with Gasteiger partial charge in [-0.3, -0.25) is 4.79 Å². The van der Waals surface area contributed by atoms with E-state index in [0.717, 1.165) is 0 Å². The maximum atomic E-state index is 11.8. The first-order chi connectivity index (χ1) is 8.47. The highest BCUT2D eigenvalue weighted by atomic mass is 16.4. The molecule has 0 unspecified atom stereocenters. The van der Waals surface area contributed by atoms with Gasteiger partial charge in [-0.15, -0.1) is 10.2 Å². The number of hydrogen-bond donors (Lipinski definition) is 1. The van der Waals surface area contributed by atoms with E-state index < -0.39 is 5.91 Å². The van der Waals surface area contributed by atoms with Gasteiger partial charge in [0.05, 0.1) is 0 Å². The van der Waals surface area contributed by atoms with Crippen LogP contribution < -0.4 is 5.32 Å². The number of benzene rings is 1. The minimum atomic E-state index is -0.399. The highest BCUT2D eigenvalue weighted by Gasteiger charge is 2.23. The van der Waals surface area contributed by atoms with E-state index in [2.05, 4.69) is 15.5 Å². The standard InChI is InChI=1S/C13H15N3O2/c1-13(2,3)12-16-15-11(18-12)10(17)14-9-7-5-4-6-8-9/h4-8H,1-3H3,(H,14,17). The van der Waals surface area contributed by atoms with Crippen molar-refractivity contribution in [3.8, 4) is 0 Å². The molecule has 1 N–H and O–H groups in total. The van der Waals surface area contributed by atoms with E-state index in [9.17, 15) is 4.79 Å². The van der Waals surface area contributed by atoms with Crippen LogP contribution in [0, 0.1) is 0 Å². The first-order valence-corrected chi connectivity index (χ1v) is 5.67. The monoisotopic (exact) mass is 245 g/mol. The largest absolute Gasteiger partial charge is 0.416 e. The summed E-state index contributed by atoms with van der Waals surface area (Å²) in [7, 11) is 0. The Balaban J connectivity index is 2.13. The van der Waals surface area contributed by atoms with Crippen molar-refractivity contribution < 1.29 is 9.21 Å². The Morgan fingerprint density at radius 3 is 2.39 bits per heavy atom. The van der Waals surface area contributed by atoms with Gasteiger partial charge in [-0.1, -0.05) is 39.0 Å². The third-order valence-corrected chi connectivity index (χ3v) is 2.29. The molecule has 94 valence electrons. The van der Waals surface area contributed by atoms with Crippen molar-refractivity contribution in [1.82, 2.24) is 10.2 Å². The van der Waals surface area contributed by atoms with E-state index in [1.165, 1.54) is 0 Å². The zero-order valence-electron chi connectivity index (χ0n) is 10.6. The van der Waals surface area contributed by atoms with Gasteiger partial charge in [0, 0.05) is 11.1 Å². The van der Waals surface area contributed by atoms with Crippen molar-refractivity contribution in [3.05, 3.63) is 42.1 Å². The highest BCUT2D eigenvalue weighted by Crippen LogP contribution is 2.20. The number of hydrogen-bond acceptors (Lipinski definition) is 4. The number of carbonyl (C=O) groups is 1. The van der Waals surface area contributed by atoms with Crippen molar-refractivity contribution in [2.24, 2.45) is 0 Å². The van der Waals surface area contributed by atoms with E-state index in [1.807, 2.05) is 39.0 Å². The molecule has 0 radical (unpaired) electrons. The molecule has 18 heavy (non-hydrogen) atoms. The molecule has 0 atom stereocenters. The number of para-hydroxylation sites is 1. The van der Waals surface area contributed by atoms with Gasteiger partial charge in [0.15, 0.2) is 0 Å². The zero-order chi connectivity index (χ0) is 13.2. The van der Waals surface area contributed by atoms with Crippen LogP contribution in [0.25, 0.3) is 0 Å². The van der Waals surface area contributed by atoms with Crippen molar-refractivity contribution in [3.63, 3.8) is 0 Å². The Hall–Kier alpha value is -2.17. The third kappa shape index (κ3) is 2.74. The van der Waals surface area contributed by atoms with Gasteiger partial charge < -0.3 is 9.73 Å². The fourth-order valence-corrected chi connectivity index (χ4v) is 1.32. The molecule has 0 bridgehead atoms. The fourth-order valence-electron chi connectivity index (χ4n) is 1.32. The van der Waals surface area contributed by atoms with Crippen LogP contribution in [0.1, 0.15) is 37.3 Å². The highest BCUT2D eigenvalue weighted by molar-refractivity contribution is 6.00. The molecular weight excluding hydrogens is 230 g/mol. The predicted octanol–water partition coefficient (Wildman–Crippen LogP) is 2.62. The van der Waals surface area contributed by atoms with Crippen LogP contribution in [0.3, 0.4) is 0 Å². The molecule has 0 saturated heterocycles. The van der Waals surface area contributed by atoms with Crippen molar-refractivity contribution in [2.75, 3.05) is 5.32 Å². The minimum absolute atomic E-state index is 0.0243. The number of carbonyl (C=O) groups excluding carboxylic acids is 1. The lowest BCUT2D eigenvalue weighted by Gasteiger charge is -2.10. The van der Waals surface area contributed by atoms with E-state index in [0.29, 0.717) is 11.6 Å². The Bertz CT molecular complexity index is 541. The van der Waals surface area contributed by atoms with Crippen LogP contribution in [-0.4, -0.2) is 16.1 Å². The maximum absolute atomic E-state index is 11.8. The summed E-state index contributed by atoms with van der Waals surface area (Å²) < 4.78 is 5.35. The second kappa shape index (κ2) is 4.60. The molecule has 0 aliphatic heterocycles. The fraction of sp³-hybridized carbons (Fsp3) is 0.308. The van der Waals surface area contributed by atoms with Crippen molar-refractivity contribution >= 4 is 11.6 Å². The summed E-state index contributed by atoms with van der Waals surface area (Å²) in [6.07, 6.45) is 0. The van der Waals surface area contributed by atoms with E-state index in [-0.39, 0.29) is 11.3 Å². The number of nitrogens with one attached hydrogen (secondary N) is 1. The Labute approximate surface area is 105 Å². The van der Waals surface area contributed by atoms with Gasteiger partial charge in [0.25, 0.3) is 0 Å². The lowest BCUT2D eigenvalue weighted by Crippen LogP contribution is -2.13. The van der Waals surface area contributed by atoms with E-state index >= 15 is 0 Å². The summed E-state index contributed by atoms with van der Waals surface area (Å²) in [5.74, 6) is 0.0219. The van der Waals surface area contributed by atoms with Crippen LogP contribution in [0.15, 0.2) is 34.7 Å². The van der Waals surface area contributed by atoms with Crippen LogP contribution in [0.4, 0.5) is 5.69 Å². The summed E-state index contributed by atoms with van der Waals surface area (Å²) >= 11 is 0. The smallest absolute Gasteiger partial charge is 0.313 e. The Kier molecular flexibility index (Phi) is 3.14. The topological polar surface area (TPSA) is 68.0 Å². The molecule has 5 heteroatoms. The number of nitrogens with zero attached hydrogens (tertiary/aromatic N) is 2. The van der Waals surface area contributed by atoms with Gasteiger partial charge in [0.2, 0.25) is 5.89 Å². The van der Waals surface area contributed by atoms with Crippen LogP contribution in [0.2, 0.25) is 0 Å². The normalized spacial score (nSPS) is 11.3. The molecule has 0 spiro atoms. The molecule has 2 rings (SSSR count). The first kappa shape index (κ1) is 12.3. The maximum Gasteiger partial charge on any atom is 0.313 e. The predicted molar refractivity (Wildman–Crippen MR) is 67.4 cm³/mol. The van der Waals surface area contributed by atoms with E-state index in [4.69, 9.17) is 4.42 Å². The molecule has 0 saturated carbocycles. The summed E-state index contributed by atoms with van der Waals surface area (Å²) in [6.45, 7) is 5.83. The molecule has 1 aromatic heterocycles. The van der Waals surface area contributed by atoms with Crippen LogP contribution >= 0.6 is 0 Å². The number of amides is 1. The summed E-state index contributed by atoms with van der Waals surface area (Å²) in [4.78, 5) is 11.8. The number of rotatable bonds is 2. The molecule has 1 heterocycles. The average molecular weight is 245 g/mol. The molecule has 2 aromatic rings. The summed E-state index contributed by atoms with van der Waals surface area (Å²) in [6, 6.07) is 9.13. The van der Waals surface area contributed by atoms with Gasteiger partial charge >= 0.3 is 11.8 Å². The van der Waals surface area contributed by atoms with E-state index in [1.54, 1.807) is 12.1 Å². The lowest BCUT2D eigenvalue weighted by atomic mass is 9.97. The van der Waals surface area contributed by atoms with Gasteiger partial charge in [-0.2, -0.15) is 0 Å². The molecular formula is C13H15N3O2. The molecule has 0 aliphatic carbocycles. The lowest BCUT2D eigenvalue weighted by molar-refractivity contribution is 0.0987. The molecule has 0 fully saturated rings. The molecule has 0 aliphatic rings. The Morgan fingerprint density at radius 1 is 1.17 bits per heavy atom. The van der Waals surface area contributed by atoms with Gasteiger partial charge in [-0.25, -0.2) is 0 Å². The van der Waals surface area contributed by atoms with Gasteiger partial charge in [0.1, 0.15) is 0 Å². The minimum Gasteiger partial charge on any atom is -0.416 e. The molecule has 5 nitrogen and oxygen atoms in total. The van der Waals surface area contributed by atoms with Crippen molar-refractivity contribution in [1.29, 1.82) is 0 Å². The number of anilines is 1.